The number of carbonyl (C=O) groups is 1. The van der Waals surface area contributed by atoms with Gasteiger partial charge in [-0.05, 0) is 25.3 Å². The first-order valence-electron chi connectivity index (χ1n) is 7.07. The molecule has 0 bridgehead atoms. The molecule has 1 aliphatic heterocycles. The van der Waals surface area contributed by atoms with Gasteiger partial charge in [-0.25, -0.2) is 0 Å². The zero-order valence-corrected chi connectivity index (χ0v) is 12.2. The molecule has 0 amide bonds. The van der Waals surface area contributed by atoms with Gasteiger partial charge in [0.2, 0.25) is 12.1 Å². The number of ether oxygens (including phenoxy) is 2. The van der Waals surface area contributed by atoms with Crippen molar-refractivity contribution in [3.8, 4) is 11.6 Å². The SMILES string of the molecule is COc1cc2n(c1OC(C)=O)CC1CCCC=C1[N+]([O-])=C2. The van der Waals surface area contributed by atoms with Gasteiger partial charge in [0.25, 0.3) is 0 Å². The van der Waals surface area contributed by atoms with Crippen molar-refractivity contribution in [2.24, 2.45) is 5.92 Å². The van der Waals surface area contributed by atoms with Gasteiger partial charge in [0.15, 0.2) is 11.4 Å². The summed E-state index contributed by atoms with van der Waals surface area (Å²) in [5.41, 5.74) is 1.49. The molecule has 6 nitrogen and oxygen atoms in total. The van der Waals surface area contributed by atoms with Crippen LogP contribution in [0.3, 0.4) is 0 Å². The van der Waals surface area contributed by atoms with Gasteiger partial charge < -0.3 is 19.2 Å². The number of aromatic nitrogens is 1. The Morgan fingerprint density at radius 3 is 3.05 bits per heavy atom. The van der Waals surface area contributed by atoms with Crippen molar-refractivity contribution in [3.63, 3.8) is 0 Å². The van der Waals surface area contributed by atoms with E-state index < -0.39 is 5.97 Å². The summed E-state index contributed by atoms with van der Waals surface area (Å²) >= 11 is 0. The zero-order valence-electron chi connectivity index (χ0n) is 12.2. The lowest BCUT2D eigenvalue weighted by atomic mass is 9.92. The molecule has 1 atom stereocenters. The Morgan fingerprint density at radius 2 is 2.33 bits per heavy atom. The minimum atomic E-state index is -0.406. The van der Waals surface area contributed by atoms with E-state index in [9.17, 15) is 10.0 Å². The van der Waals surface area contributed by atoms with Gasteiger partial charge in [0.1, 0.15) is 5.69 Å². The minimum absolute atomic E-state index is 0.139. The molecule has 1 unspecified atom stereocenters. The first-order chi connectivity index (χ1) is 10.1. The van der Waals surface area contributed by atoms with Crippen molar-refractivity contribution < 1.29 is 19.0 Å². The Labute approximate surface area is 122 Å². The van der Waals surface area contributed by atoms with Crippen molar-refractivity contribution in [1.29, 1.82) is 0 Å². The molecule has 0 saturated heterocycles. The van der Waals surface area contributed by atoms with Crippen LogP contribution < -0.4 is 9.47 Å². The molecule has 21 heavy (non-hydrogen) atoms. The number of esters is 1. The summed E-state index contributed by atoms with van der Waals surface area (Å²) in [5.74, 6) is 0.571. The molecule has 2 heterocycles. The van der Waals surface area contributed by atoms with Crippen LogP contribution in [0.25, 0.3) is 0 Å². The van der Waals surface area contributed by atoms with Crippen molar-refractivity contribution in [3.05, 3.63) is 28.7 Å². The molecule has 1 aromatic heterocycles. The Balaban J connectivity index is 2.10. The molecule has 0 radical (unpaired) electrons. The normalized spacial score (nSPS) is 20.6. The van der Waals surface area contributed by atoms with E-state index in [0.29, 0.717) is 23.9 Å². The number of allylic oxidation sites excluding steroid dienone is 2. The number of methoxy groups -OCH3 is 1. The Kier molecular flexibility index (Phi) is 3.45. The maximum atomic E-state index is 12.3. The molecule has 2 aliphatic rings. The van der Waals surface area contributed by atoms with Crippen LogP contribution in [0.2, 0.25) is 0 Å². The van der Waals surface area contributed by atoms with Crippen LogP contribution >= 0.6 is 0 Å². The van der Waals surface area contributed by atoms with Crippen LogP contribution in [0.15, 0.2) is 17.8 Å². The molecule has 0 aromatic carbocycles. The minimum Gasteiger partial charge on any atom is -0.618 e. The number of hydroxylamine groups is 1. The number of hydrogen-bond acceptors (Lipinski definition) is 4. The topological polar surface area (TPSA) is 66.5 Å². The van der Waals surface area contributed by atoms with Gasteiger partial charge in [0.05, 0.1) is 13.0 Å². The maximum absolute atomic E-state index is 12.3. The third kappa shape index (κ3) is 2.41. The number of nitrogens with zero attached hydrogens (tertiary/aromatic N) is 2. The predicted octanol–water partition coefficient (Wildman–Crippen LogP) is 2.05. The molecule has 112 valence electrons. The van der Waals surface area contributed by atoms with Gasteiger partial charge in [-0.2, -0.15) is 4.74 Å². The largest absolute Gasteiger partial charge is 0.618 e. The summed E-state index contributed by atoms with van der Waals surface area (Å²) in [4.78, 5) is 11.3. The standard InChI is InChI=1S/C15H18N2O4/c1-10(18)21-15-14(20-2)7-12-9-17(19)13-6-4-3-5-11(13)8-16(12)15/h6-7,9,11H,3-5,8H2,1-2H3. The smallest absolute Gasteiger partial charge is 0.309 e. The second kappa shape index (κ2) is 5.27. The Hall–Kier alpha value is -2.24. The van der Waals surface area contributed by atoms with Gasteiger partial charge in [0, 0.05) is 19.5 Å². The number of hydrogen-bond donors (Lipinski definition) is 0. The van der Waals surface area contributed by atoms with Crippen molar-refractivity contribution in [2.45, 2.75) is 32.7 Å². The number of fused-ring (bicyclic) bond motifs is 2. The highest BCUT2D eigenvalue weighted by molar-refractivity contribution is 5.78. The molecule has 6 heteroatoms. The molecule has 1 aromatic rings. The molecular weight excluding hydrogens is 272 g/mol. The maximum Gasteiger partial charge on any atom is 0.309 e. The van der Waals surface area contributed by atoms with Gasteiger partial charge >= 0.3 is 5.97 Å². The molecule has 0 N–H and O–H groups in total. The second-order valence-corrected chi connectivity index (χ2v) is 5.36. The van der Waals surface area contributed by atoms with Crippen molar-refractivity contribution in [1.82, 2.24) is 4.57 Å². The number of rotatable bonds is 2. The van der Waals surface area contributed by atoms with E-state index in [0.717, 1.165) is 29.7 Å². The fourth-order valence-corrected chi connectivity index (χ4v) is 3.01. The van der Waals surface area contributed by atoms with Crippen molar-refractivity contribution >= 4 is 12.2 Å². The summed E-state index contributed by atoms with van der Waals surface area (Å²) in [6.07, 6.45) is 6.49. The first-order valence-corrected chi connectivity index (χ1v) is 7.07. The van der Waals surface area contributed by atoms with E-state index in [4.69, 9.17) is 9.47 Å². The van der Waals surface area contributed by atoms with Crippen LogP contribution in [0.1, 0.15) is 31.9 Å². The van der Waals surface area contributed by atoms with E-state index in [1.54, 1.807) is 6.07 Å². The van der Waals surface area contributed by atoms with Gasteiger partial charge in [-0.3, -0.25) is 4.79 Å². The summed E-state index contributed by atoms with van der Waals surface area (Å²) in [7, 11) is 1.52. The average molecular weight is 290 g/mol. The van der Waals surface area contributed by atoms with E-state index in [-0.39, 0.29) is 5.92 Å². The van der Waals surface area contributed by atoms with Crippen LogP contribution in [0.5, 0.6) is 11.6 Å². The molecule has 3 rings (SSSR count). The molecule has 1 aliphatic carbocycles. The highest BCUT2D eigenvalue weighted by atomic mass is 16.6. The highest BCUT2D eigenvalue weighted by Gasteiger charge is 2.31. The van der Waals surface area contributed by atoms with E-state index in [1.165, 1.54) is 20.2 Å². The monoisotopic (exact) mass is 290 g/mol. The van der Waals surface area contributed by atoms with Crippen LogP contribution in [-0.4, -0.2) is 28.6 Å². The third-order valence-corrected chi connectivity index (χ3v) is 3.94. The molecule has 0 spiro atoms. The highest BCUT2D eigenvalue weighted by Crippen LogP contribution is 2.36. The second-order valence-electron chi connectivity index (χ2n) is 5.36. The Morgan fingerprint density at radius 1 is 1.52 bits per heavy atom. The summed E-state index contributed by atoms with van der Waals surface area (Å²) < 4.78 is 13.3. The van der Waals surface area contributed by atoms with Crippen LogP contribution in [0, 0.1) is 11.1 Å². The van der Waals surface area contributed by atoms with Gasteiger partial charge in [-0.1, -0.05) is 0 Å². The predicted molar refractivity (Wildman–Crippen MR) is 76.5 cm³/mol. The fourth-order valence-electron chi connectivity index (χ4n) is 3.01. The lowest BCUT2D eigenvalue weighted by molar-refractivity contribution is -0.406. The molecule has 0 saturated carbocycles. The number of carbonyl (C=O) groups excluding carboxylic acids is 1. The lowest BCUT2D eigenvalue weighted by Gasteiger charge is -2.21. The molecular formula is C15H18N2O4. The zero-order chi connectivity index (χ0) is 15.0. The van der Waals surface area contributed by atoms with E-state index in [1.807, 2.05) is 10.6 Å². The lowest BCUT2D eigenvalue weighted by Crippen LogP contribution is -2.19. The Bertz CT molecular complexity index is 642. The van der Waals surface area contributed by atoms with Crippen LogP contribution in [0.4, 0.5) is 0 Å². The molecule has 0 fully saturated rings. The summed E-state index contributed by atoms with van der Waals surface area (Å²) in [6, 6.07) is 1.72. The summed E-state index contributed by atoms with van der Waals surface area (Å²) in [5, 5.41) is 12.3. The van der Waals surface area contributed by atoms with Crippen LogP contribution in [-0.2, 0) is 11.3 Å². The van der Waals surface area contributed by atoms with Crippen molar-refractivity contribution in [2.75, 3.05) is 7.11 Å². The first kappa shape index (κ1) is 13.7. The van der Waals surface area contributed by atoms with E-state index >= 15 is 0 Å². The fraction of sp³-hybridized carbons (Fsp3) is 0.467. The third-order valence-electron chi connectivity index (χ3n) is 3.94. The van der Waals surface area contributed by atoms with Gasteiger partial charge in [-0.15, -0.1) is 0 Å². The quantitative estimate of drug-likeness (QED) is 0.475. The van der Waals surface area contributed by atoms with E-state index in [2.05, 4.69) is 0 Å². The summed E-state index contributed by atoms with van der Waals surface area (Å²) in [6.45, 7) is 1.97. The average Bonchev–Trinajstić information content (AvgIpc) is 2.69.